The molecule has 84 heavy (non-hydrogen) atoms. The first-order valence-corrected chi connectivity index (χ1v) is 31.7. The molecule has 0 unspecified atom stereocenters. The van der Waals surface area contributed by atoms with Crippen molar-refractivity contribution in [2.75, 3.05) is 53.5 Å². The van der Waals surface area contributed by atoms with Crippen LogP contribution >= 0.6 is 0 Å². The van der Waals surface area contributed by atoms with Crippen LogP contribution in [0, 0.1) is 17.8 Å². The number of amides is 6. The highest BCUT2D eigenvalue weighted by atomic mass is 16.5. The predicted molar refractivity (Wildman–Crippen MR) is 309 cm³/mol. The lowest BCUT2D eigenvalue weighted by Gasteiger charge is -2.65. The Morgan fingerprint density at radius 2 is 0.893 bits per heavy atom. The maximum atomic E-state index is 12.8. The van der Waals surface area contributed by atoms with Gasteiger partial charge in [0.25, 0.3) is 11.8 Å². The van der Waals surface area contributed by atoms with Gasteiger partial charge in [0.15, 0.2) is 0 Å². The molecule has 6 saturated carbocycles. The highest BCUT2D eigenvalue weighted by molar-refractivity contribution is 6.08. The van der Waals surface area contributed by atoms with Crippen molar-refractivity contribution >= 4 is 29.7 Å². The Hall–Kier alpha value is -5.63. The Bertz CT molecular complexity index is 3280. The molecule has 2 spiro atoms. The van der Waals surface area contributed by atoms with Crippen molar-refractivity contribution in [1.82, 2.24) is 36.0 Å². The molecule has 8 N–H and O–H groups in total. The molecule has 448 valence electrons. The number of carbonyl (C=O) groups excluding carboxylic acids is 5. The zero-order valence-electron chi connectivity index (χ0n) is 48.7. The third kappa shape index (κ3) is 8.17. The fourth-order valence-electron chi connectivity index (χ4n) is 19.6. The Morgan fingerprint density at radius 1 is 0.500 bits per heavy atom. The minimum atomic E-state index is -0.980. The topological polar surface area (TPSA) is 243 Å². The van der Waals surface area contributed by atoms with Crippen LogP contribution < -0.4 is 30.7 Å². The second-order valence-electron chi connectivity index (χ2n) is 28.7. The number of imide groups is 2. The molecule has 14 aliphatic rings. The first kappa shape index (κ1) is 55.0. The van der Waals surface area contributed by atoms with Crippen LogP contribution in [0.4, 0.5) is 9.59 Å². The van der Waals surface area contributed by atoms with Gasteiger partial charge in [-0.2, -0.15) is 0 Å². The molecule has 5 aliphatic heterocycles. The summed E-state index contributed by atoms with van der Waals surface area (Å²) in [5.41, 5.74) is 0.639. The molecule has 3 aromatic rings. The molecule has 3 aromatic carbocycles. The molecule has 17 rings (SSSR count). The van der Waals surface area contributed by atoms with Gasteiger partial charge < -0.3 is 40.5 Å². The number of ether oxygens (including phenoxy) is 2. The number of piperidine rings is 3. The van der Waals surface area contributed by atoms with Crippen LogP contribution in [-0.2, 0) is 49.9 Å². The second-order valence-corrected chi connectivity index (χ2v) is 28.7. The molecule has 18 heteroatoms. The molecule has 6 bridgehead atoms. The average molecular weight is 1150 g/mol. The fraction of sp³-hybridized carbons (Fsp3) is 0.652. The van der Waals surface area contributed by atoms with Gasteiger partial charge in [0.1, 0.15) is 34.1 Å². The number of aromatic hydroxyl groups is 1. The zero-order chi connectivity index (χ0) is 58.0. The van der Waals surface area contributed by atoms with Gasteiger partial charge in [0.05, 0.1) is 31.0 Å². The van der Waals surface area contributed by atoms with E-state index in [-0.39, 0.29) is 35.7 Å². The Kier molecular flexibility index (Phi) is 12.6. The smallest absolute Gasteiger partial charge is 0.322 e. The number of urea groups is 2. The Morgan fingerprint density at radius 3 is 1.30 bits per heavy atom. The number of nitrogens with zero attached hydrogens (tertiary/aromatic N) is 3. The van der Waals surface area contributed by atoms with E-state index in [0.717, 1.165) is 117 Å². The van der Waals surface area contributed by atoms with E-state index in [1.54, 1.807) is 26.4 Å². The molecule has 11 fully saturated rings. The number of phenolic OH excluding ortho intramolecular Hbond substituents is 1. The lowest BCUT2D eigenvalue weighted by Crippen LogP contribution is -2.76. The van der Waals surface area contributed by atoms with Gasteiger partial charge in [-0.05, 0) is 229 Å². The number of benzene rings is 3. The molecule has 0 aromatic heterocycles. The number of aliphatic hydroxyl groups is 3. The number of likely N-dealkylation sites (tertiary alicyclic amines) is 3. The number of ketones is 1. The molecule has 5 heterocycles. The van der Waals surface area contributed by atoms with Crippen LogP contribution in [0.2, 0.25) is 0 Å². The number of Topliss-reactive ketones (excluding diaryl/α,β-unsaturated/α-hetero) is 1. The van der Waals surface area contributed by atoms with Crippen molar-refractivity contribution < 1.29 is 53.9 Å². The lowest BCUT2D eigenvalue weighted by molar-refractivity contribution is -0.180. The van der Waals surface area contributed by atoms with Gasteiger partial charge in [-0.25, -0.2) is 9.59 Å². The van der Waals surface area contributed by atoms with Crippen molar-refractivity contribution in [3.8, 4) is 17.2 Å². The SMILES string of the molecule is COc1ccc2c(c1)[C@]13CCN(CC4CC4)[C@H](C2)[C@]1(O)CCC(=O)C3.COc1ccc2c(c1)[C@]13CCN(CC4CC4)[C@H](C2)[C@]1(O)CC[C@@]1(C3)NC(=O)NC1=O.O=C1NC(=O)[C@@]2(CC[C@@]3(O)[C@H]4Cc5ccc(O)cc5[C@@]3(CCN4CC3CC3)C2)N1. The summed E-state index contributed by atoms with van der Waals surface area (Å²) in [4.78, 5) is 69.5. The molecular weight excluding hydrogens is 1070 g/mol. The van der Waals surface area contributed by atoms with Crippen molar-refractivity contribution in [2.24, 2.45) is 17.8 Å². The third-order valence-electron chi connectivity index (χ3n) is 24.4. The molecule has 18 nitrogen and oxygen atoms in total. The fourth-order valence-corrected chi connectivity index (χ4v) is 19.6. The van der Waals surface area contributed by atoms with Gasteiger partial charge >= 0.3 is 12.1 Å². The van der Waals surface area contributed by atoms with Gasteiger partial charge in [-0.3, -0.25) is 39.7 Å². The minimum Gasteiger partial charge on any atom is -0.508 e. The van der Waals surface area contributed by atoms with Crippen molar-refractivity contribution in [1.29, 1.82) is 0 Å². The van der Waals surface area contributed by atoms with E-state index in [1.807, 2.05) is 18.2 Å². The standard InChI is InChI=1S/C23H29N3O4.C22H27N3O4.C21H27NO3/c1-30-16-5-4-15-10-18-23(29)7-6-22(19(27)24-20(28)25-22)13-21(23,17(15)11-16)8-9-26(18)12-14-2-3-14;26-15-4-3-14-9-17-22(29)6-5-21(18(27)23-19(28)24-21)12-20(22,16(14)10-15)7-8-25(17)11-13-1-2-13;1-25-17-5-4-15-10-19-21(24)7-6-16(23)12-20(21,18(15)11-17)8-9-22(19)13-14-2-3-14/h4-5,11,14,18,29H,2-3,6-10,12-13H2,1H3,(H2,24,25,27,28);3-4,10,13,17,26,29H,1-2,5-9,11-12H2,(H2,23,24,27,28);4-5,11,14,19,24H,2-3,6-10,12-13H2,1H3/t18-,21-,22+,23-;17-,20-,21+,22-;19-,20-,21-/m111/s1. The second kappa shape index (κ2) is 19.2. The summed E-state index contributed by atoms with van der Waals surface area (Å²) in [6, 6.07) is 17.2. The van der Waals surface area contributed by atoms with E-state index in [9.17, 15) is 44.4 Å². The Labute approximate surface area is 491 Å². The third-order valence-corrected chi connectivity index (χ3v) is 24.4. The van der Waals surface area contributed by atoms with Gasteiger partial charge in [0.2, 0.25) is 0 Å². The van der Waals surface area contributed by atoms with E-state index >= 15 is 0 Å². The van der Waals surface area contributed by atoms with E-state index in [0.29, 0.717) is 70.0 Å². The number of fused-ring (bicyclic) bond motifs is 3. The van der Waals surface area contributed by atoms with Crippen LogP contribution in [-0.4, -0.2) is 164 Å². The number of carbonyl (C=O) groups is 5. The van der Waals surface area contributed by atoms with Crippen LogP contribution in [0.3, 0.4) is 0 Å². The van der Waals surface area contributed by atoms with Crippen LogP contribution in [0.1, 0.15) is 149 Å². The van der Waals surface area contributed by atoms with Crippen molar-refractivity contribution in [2.45, 2.75) is 197 Å². The molecular formula is C66H83N7O11. The largest absolute Gasteiger partial charge is 0.508 e. The number of hydrogen-bond acceptors (Lipinski definition) is 14. The van der Waals surface area contributed by atoms with Gasteiger partial charge in [-0.15, -0.1) is 0 Å². The minimum absolute atomic E-state index is 0.00593. The number of phenols is 1. The van der Waals surface area contributed by atoms with E-state index in [4.69, 9.17) is 9.47 Å². The number of hydrogen-bond donors (Lipinski definition) is 8. The maximum absolute atomic E-state index is 12.8. The van der Waals surface area contributed by atoms with Crippen LogP contribution in [0.15, 0.2) is 54.6 Å². The average Bonchev–Trinajstić information content (AvgIpc) is 1.12. The summed E-state index contributed by atoms with van der Waals surface area (Å²) >= 11 is 0. The predicted octanol–water partition coefficient (Wildman–Crippen LogP) is 5.09. The van der Waals surface area contributed by atoms with E-state index < -0.39 is 56.2 Å². The maximum Gasteiger partial charge on any atom is 0.322 e. The van der Waals surface area contributed by atoms with Crippen LogP contribution in [0.5, 0.6) is 17.2 Å². The lowest BCUT2D eigenvalue weighted by atomic mass is 9.46. The summed E-state index contributed by atoms with van der Waals surface area (Å²) in [5, 5.41) is 57.4. The summed E-state index contributed by atoms with van der Waals surface area (Å²) in [6.45, 7) is 5.96. The first-order valence-electron chi connectivity index (χ1n) is 31.7. The molecule has 0 radical (unpaired) electrons. The molecule has 11 atom stereocenters. The van der Waals surface area contributed by atoms with E-state index in [1.165, 1.54) is 55.2 Å². The summed E-state index contributed by atoms with van der Waals surface area (Å²) in [6.07, 6.45) is 16.9. The van der Waals surface area contributed by atoms with Crippen molar-refractivity contribution in [3.05, 3.63) is 88.0 Å². The molecule has 6 amide bonds. The quantitative estimate of drug-likeness (QED) is 0.137. The number of rotatable bonds is 8. The number of methoxy groups -OCH3 is 2. The monoisotopic (exact) mass is 1150 g/mol. The summed E-state index contributed by atoms with van der Waals surface area (Å²) < 4.78 is 11.0. The first-order chi connectivity index (χ1) is 40.3. The van der Waals surface area contributed by atoms with Gasteiger partial charge in [0, 0.05) is 66.8 Å². The van der Waals surface area contributed by atoms with E-state index in [2.05, 4.69) is 60.2 Å². The van der Waals surface area contributed by atoms with Crippen molar-refractivity contribution in [3.63, 3.8) is 0 Å². The normalized spacial score (nSPS) is 39.5. The Balaban J connectivity index is 0.000000108. The summed E-state index contributed by atoms with van der Waals surface area (Å²) in [7, 11) is 3.34. The highest BCUT2D eigenvalue weighted by Gasteiger charge is 2.72. The van der Waals surface area contributed by atoms with Gasteiger partial charge in [-0.1, -0.05) is 18.2 Å². The molecule has 9 aliphatic carbocycles. The van der Waals surface area contributed by atoms with Crippen LogP contribution in [0.25, 0.3) is 0 Å². The zero-order valence-corrected chi connectivity index (χ0v) is 48.7. The molecule has 5 saturated heterocycles. The highest BCUT2D eigenvalue weighted by Crippen LogP contribution is 2.64. The number of nitrogens with one attached hydrogen (secondary N) is 4. The summed E-state index contributed by atoms with van der Waals surface area (Å²) in [5.74, 6) is 3.85.